The number of pyridine rings is 1. The van der Waals surface area contributed by atoms with Crippen LogP contribution in [0.15, 0.2) is 24.3 Å². The monoisotopic (exact) mass is 283 g/mol. The van der Waals surface area contributed by atoms with E-state index in [0.717, 1.165) is 10.9 Å². The van der Waals surface area contributed by atoms with Gasteiger partial charge in [-0.3, -0.25) is 4.79 Å². The largest absolute Gasteiger partial charge is 0.481 e. The number of benzene rings is 1. The molecule has 0 aliphatic heterocycles. The number of carbonyl (C=O) groups is 1. The third-order valence-electron chi connectivity index (χ3n) is 2.80. The maximum Gasteiger partial charge on any atom is 0.306 e. The number of halogens is 2. The van der Waals surface area contributed by atoms with Gasteiger partial charge < -0.3 is 5.11 Å². The van der Waals surface area contributed by atoms with Gasteiger partial charge >= 0.3 is 5.97 Å². The Kier molecular flexibility index (Phi) is 3.73. The minimum absolute atomic E-state index is 0.396. The average Bonchev–Trinajstić information content (AvgIpc) is 2.32. The van der Waals surface area contributed by atoms with E-state index in [2.05, 4.69) is 4.98 Å². The summed E-state index contributed by atoms with van der Waals surface area (Å²) in [6.45, 7) is 1.66. The quantitative estimate of drug-likeness (QED) is 0.872. The van der Waals surface area contributed by atoms with E-state index in [4.69, 9.17) is 28.3 Å². The summed E-state index contributed by atoms with van der Waals surface area (Å²) in [5.41, 5.74) is 1.52. The predicted molar refractivity (Wildman–Crippen MR) is 72.3 cm³/mol. The molecule has 1 unspecified atom stereocenters. The molecular formula is C13H11Cl2NO2. The van der Waals surface area contributed by atoms with E-state index in [0.29, 0.717) is 22.1 Å². The Bertz CT molecular complexity index is 613. The first kappa shape index (κ1) is 13.1. The highest BCUT2D eigenvalue weighted by Gasteiger charge is 2.15. The molecule has 0 aliphatic carbocycles. The standard InChI is InChI=1S/C13H11Cl2NO2/c1-7(13(17)18)6-8-2-4-10-9(12(8)15)3-5-11(14)16-10/h2-5,7H,6H2,1H3,(H,17,18). The summed E-state index contributed by atoms with van der Waals surface area (Å²) >= 11 is 12.1. The smallest absolute Gasteiger partial charge is 0.306 e. The van der Waals surface area contributed by atoms with Crippen LogP contribution in [0.1, 0.15) is 12.5 Å². The van der Waals surface area contributed by atoms with Crippen molar-refractivity contribution in [2.24, 2.45) is 5.92 Å². The molecule has 0 aliphatic rings. The van der Waals surface area contributed by atoms with Gasteiger partial charge in [0, 0.05) is 5.39 Å². The van der Waals surface area contributed by atoms with Crippen LogP contribution in [0.25, 0.3) is 10.9 Å². The van der Waals surface area contributed by atoms with Crippen LogP contribution in [0.4, 0.5) is 0 Å². The molecule has 0 saturated heterocycles. The minimum Gasteiger partial charge on any atom is -0.481 e. The van der Waals surface area contributed by atoms with E-state index in [9.17, 15) is 4.79 Å². The first-order chi connectivity index (χ1) is 8.49. The van der Waals surface area contributed by atoms with Gasteiger partial charge in [-0.1, -0.05) is 36.2 Å². The fourth-order valence-corrected chi connectivity index (χ4v) is 2.22. The fourth-order valence-electron chi connectivity index (χ4n) is 1.76. The molecule has 0 radical (unpaired) electrons. The summed E-state index contributed by atoms with van der Waals surface area (Å²) in [7, 11) is 0. The van der Waals surface area contributed by atoms with Crippen LogP contribution in [0.2, 0.25) is 10.2 Å². The Morgan fingerprint density at radius 1 is 1.33 bits per heavy atom. The molecule has 1 aromatic carbocycles. The first-order valence-corrected chi connectivity index (χ1v) is 6.21. The number of nitrogens with zero attached hydrogens (tertiary/aromatic N) is 1. The van der Waals surface area contributed by atoms with Gasteiger partial charge in [0.2, 0.25) is 0 Å². The Labute approximate surface area is 114 Å². The molecule has 0 amide bonds. The van der Waals surface area contributed by atoms with Crippen LogP contribution in [-0.2, 0) is 11.2 Å². The van der Waals surface area contributed by atoms with E-state index in [1.165, 1.54) is 0 Å². The molecule has 2 rings (SSSR count). The molecule has 2 aromatic rings. The number of hydrogen-bond donors (Lipinski definition) is 1. The molecule has 0 spiro atoms. The van der Waals surface area contributed by atoms with Crippen molar-refractivity contribution < 1.29 is 9.90 Å². The van der Waals surface area contributed by atoms with E-state index < -0.39 is 11.9 Å². The zero-order valence-corrected chi connectivity index (χ0v) is 11.2. The lowest BCUT2D eigenvalue weighted by atomic mass is 10.00. The molecule has 1 aromatic heterocycles. The van der Waals surface area contributed by atoms with Crippen molar-refractivity contribution in [1.82, 2.24) is 4.98 Å². The third kappa shape index (κ3) is 2.57. The second kappa shape index (κ2) is 5.12. The zero-order chi connectivity index (χ0) is 13.3. The van der Waals surface area contributed by atoms with E-state index >= 15 is 0 Å². The second-order valence-electron chi connectivity index (χ2n) is 4.18. The lowest BCUT2D eigenvalue weighted by Crippen LogP contribution is -2.12. The van der Waals surface area contributed by atoms with Crippen LogP contribution >= 0.6 is 23.2 Å². The van der Waals surface area contributed by atoms with Gasteiger partial charge in [-0.15, -0.1) is 0 Å². The fraction of sp³-hybridized carbons (Fsp3) is 0.231. The average molecular weight is 284 g/mol. The lowest BCUT2D eigenvalue weighted by Gasteiger charge is -2.10. The van der Waals surface area contributed by atoms with Gasteiger partial charge in [-0.05, 0) is 30.2 Å². The summed E-state index contributed by atoms with van der Waals surface area (Å²) in [5, 5.41) is 10.7. The summed E-state index contributed by atoms with van der Waals surface area (Å²) in [5.74, 6) is -1.30. The zero-order valence-electron chi connectivity index (χ0n) is 9.65. The summed E-state index contributed by atoms with van der Waals surface area (Å²) in [6, 6.07) is 7.06. The number of carboxylic acid groups (broad SMARTS) is 1. The number of hydrogen-bond acceptors (Lipinski definition) is 2. The Balaban J connectivity index is 2.45. The van der Waals surface area contributed by atoms with Gasteiger partial charge in [-0.25, -0.2) is 4.98 Å². The molecule has 0 bridgehead atoms. The first-order valence-electron chi connectivity index (χ1n) is 5.45. The second-order valence-corrected chi connectivity index (χ2v) is 4.95. The normalized spacial score (nSPS) is 12.6. The van der Waals surface area contributed by atoms with Crippen molar-refractivity contribution in [3.63, 3.8) is 0 Å². The highest BCUT2D eigenvalue weighted by atomic mass is 35.5. The van der Waals surface area contributed by atoms with Crippen LogP contribution < -0.4 is 0 Å². The maximum atomic E-state index is 10.9. The van der Waals surface area contributed by atoms with Crippen LogP contribution in [0.3, 0.4) is 0 Å². The Hall–Kier alpha value is -1.32. The molecule has 1 N–H and O–H groups in total. The molecule has 5 heteroatoms. The molecule has 0 fully saturated rings. The van der Waals surface area contributed by atoms with Crippen LogP contribution in [0, 0.1) is 5.92 Å². The summed E-state index contributed by atoms with van der Waals surface area (Å²) < 4.78 is 0. The molecule has 0 saturated carbocycles. The van der Waals surface area contributed by atoms with Gasteiger partial charge in [0.15, 0.2) is 0 Å². The van der Waals surface area contributed by atoms with Gasteiger partial charge in [0.1, 0.15) is 5.15 Å². The van der Waals surface area contributed by atoms with Gasteiger partial charge in [0.05, 0.1) is 16.5 Å². The molecule has 3 nitrogen and oxygen atoms in total. The Morgan fingerprint density at radius 3 is 2.72 bits per heavy atom. The van der Waals surface area contributed by atoms with Gasteiger partial charge in [0.25, 0.3) is 0 Å². The van der Waals surface area contributed by atoms with Gasteiger partial charge in [-0.2, -0.15) is 0 Å². The van der Waals surface area contributed by atoms with Crippen molar-refractivity contribution >= 4 is 40.1 Å². The topological polar surface area (TPSA) is 50.2 Å². The highest BCUT2D eigenvalue weighted by molar-refractivity contribution is 6.36. The molecule has 1 atom stereocenters. The number of carboxylic acids is 1. The number of aromatic nitrogens is 1. The van der Waals surface area contributed by atoms with E-state index in [1.807, 2.05) is 0 Å². The maximum absolute atomic E-state index is 10.9. The molecule has 18 heavy (non-hydrogen) atoms. The molecule has 1 heterocycles. The highest BCUT2D eigenvalue weighted by Crippen LogP contribution is 2.29. The predicted octanol–water partition coefficient (Wildman–Crippen LogP) is 3.80. The third-order valence-corrected chi connectivity index (χ3v) is 3.46. The molecular weight excluding hydrogens is 273 g/mol. The number of aliphatic carboxylic acids is 1. The molecule has 94 valence electrons. The van der Waals surface area contributed by atoms with Crippen LogP contribution in [-0.4, -0.2) is 16.1 Å². The number of fused-ring (bicyclic) bond motifs is 1. The van der Waals surface area contributed by atoms with E-state index in [-0.39, 0.29) is 0 Å². The van der Waals surface area contributed by atoms with E-state index in [1.54, 1.807) is 31.2 Å². The lowest BCUT2D eigenvalue weighted by molar-refractivity contribution is -0.141. The minimum atomic E-state index is -0.833. The van der Waals surface area contributed by atoms with Crippen molar-refractivity contribution in [1.29, 1.82) is 0 Å². The SMILES string of the molecule is CC(Cc1ccc2nc(Cl)ccc2c1Cl)C(=O)O. The summed E-state index contributed by atoms with van der Waals surface area (Å²) in [4.78, 5) is 15.0. The van der Waals surface area contributed by atoms with Crippen LogP contribution in [0.5, 0.6) is 0 Å². The number of rotatable bonds is 3. The van der Waals surface area contributed by atoms with Crippen molar-refractivity contribution in [2.45, 2.75) is 13.3 Å². The van der Waals surface area contributed by atoms with Crippen molar-refractivity contribution in [3.05, 3.63) is 40.0 Å². The summed E-state index contributed by atoms with van der Waals surface area (Å²) in [6.07, 6.45) is 0.396. The van der Waals surface area contributed by atoms with Crippen molar-refractivity contribution in [2.75, 3.05) is 0 Å². The Morgan fingerprint density at radius 2 is 2.06 bits per heavy atom. The van der Waals surface area contributed by atoms with Crippen molar-refractivity contribution in [3.8, 4) is 0 Å².